The lowest BCUT2D eigenvalue weighted by molar-refractivity contribution is 0.607. The molecular formula is C30H23N3S. The standard InChI is InChI=1S/C30H23N3S/c1-30(2)23-15-9-10-16-25(23)34-26-19-22(17-18-24(26)30)29-32-27(20-11-5-3-6-12-20)31-28(33-29)21-13-7-4-8-14-21/h3-19H,1-2H3. The van der Waals surface area contributed by atoms with Crippen molar-refractivity contribution in [3.05, 3.63) is 114 Å². The Kier molecular flexibility index (Phi) is 5.04. The van der Waals surface area contributed by atoms with E-state index < -0.39 is 0 Å². The topological polar surface area (TPSA) is 38.7 Å². The minimum absolute atomic E-state index is 0.0563. The van der Waals surface area contributed by atoms with Crippen LogP contribution in [0.2, 0.25) is 0 Å². The van der Waals surface area contributed by atoms with Crippen LogP contribution in [-0.4, -0.2) is 15.0 Å². The third-order valence-corrected chi connectivity index (χ3v) is 7.53. The normalized spacial score (nSPS) is 13.7. The maximum Gasteiger partial charge on any atom is 0.164 e. The summed E-state index contributed by atoms with van der Waals surface area (Å²) in [5, 5.41) is 0. The van der Waals surface area contributed by atoms with Crippen molar-refractivity contribution in [2.75, 3.05) is 0 Å². The summed E-state index contributed by atoms with van der Waals surface area (Å²) in [7, 11) is 0. The summed E-state index contributed by atoms with van der Waals surface area (Å²) >= 11 is 1.82. The monoisotopic (exact) mass is 457 g/mol. The van der Waals surface area contributed by atoms with Gasteiger partial charge in [0.1, 0.15) is 0 Å². The van der Waals surface area contributed by atoms with Crippen LogP contribution in [0.5, 0.6) is 0 Å². The Labute approximate surface area is 204 Å². The zero-order chi connectivity index (χ0) is 23.1. The fraction of sp³-hybridized carbons (Fsp3) is 0.100. The molecule has 164 valence electrons. The molecule has 34 heavy (non-hydrogen) atoms. The van der Waals surface area contributed by atoms with E-state index in [1.54, 1.807) is 0 Å². The van der Waals surface area contributed by atoms with Gasteiger partial charge < -0.3 is 0 Å². The minimum atomic E-state index is -0.0563. The van der Waals surface area contributed by atoms with E-state index in [2.05, 4.69) is 56.3 Å². The SMILES string of the molecule is CC1(C)c2ccccc2Sc2cc(-c3nc(-c4ccccc4)nc(-c4ccccc4)n3)ccc21. The van der Waals surface area contributed by atoms with E-state index in [-0.39, 0.29) is 5.41 Å². The molecule has 0 saturated carbocycles. The molecule has 1 aliphatic heterocycles. The number of hydrogen-bond donors (Lipinski definition) is 0. The predicted molar refractivity (Wildman–Crippen MR) is 139 cm³/mol. The molecule has 3 nitrogen and oxygen atoms in total. The highest BCUT2D eigenvalue weighted by molar-refractivity contribution is 7.99. The van der Waals surface area contributed by atoms with Gasteiger partial charge in [-0.1, -0.05) is 117 Å². The summed E-state index contributed by atoms with van der Waals surface area (Å²) < 4.78 is 0. The maximum absolute atomic E-state index is 4.90. The molecule has 0 spiro atoms. The van der Waals surface area contributed by atoms with Gasteiger partial charge in [-0.05, 0) is 23.3 Å². The molecular weight excluding hydrogens is 434 g/mol. The first kappa shape index (κ1) is 20.8. The van der Waals surface area contributed by atoms with Gasteiger partial charge in [-0.25, -0.2) is 15.0 Å². The van der Waals surface area contributed by atoms with E-state index in [4.69, 9.17) is 15.0 Å². The van der Waals surface area contributed by atoms with Crippen molar-refractivity contribution in [3.63, 3.8) is 0 Å². The Hall–Kier alpha value is -3.76. The molecule has 4 aromatic carbocycles. The van der Waals surface area contributed by atoms with Gasteiger partial charge >= 0.3 is 0 Å². The second-order valence-corrected chi connectivity index (χ2v) is 10.1. The first-order chi connectivity index (χ1) is 16.6. The van der Waals surface area contributed by atoms with Crippen LogP contribution in [0, 0.1) is 0 Å². The molecule has 0 N–H and O–H groups in total. The average molecular weight is 458 g/mol. The van der Waals surface area contributed by atoms with Gasteiger partial charge in [-0.2, -0.15) is 0 Å². The van der Waals surface area contributed by atoms with Gasteiger partial charge in [-0.3, -0.25) is 0 Å². The Bertz CT molecular complexity index is 1440. The molecule has 0 saturated heterocycles. The van der Waals surface area contributed by atoms with Crippen LogP contribution >= 0.6 is 11.8 Å². The first-order valence-corrected chi connectivity index (χ1v) is 12.2. The van der Waals surface area contributed by atoms with Crippen LogP contribution in [-0.2, 0) is 5.41 Å². The quantitative estimate of drug-likeness (QED) is 0.279. The molecule has 1 aromatic heterocycles. The highest BCUT2D eigenvalue weighted by Gasteiger charge is 2.33. The average Bonchev–Trinajstić information content (AvgIpc) is 2.89. The Morgan fingerprint density at radius 1 is 0.500 bits per heavy atom. The number of hydrogen-bond acceptors (Lipinski definition) is 4. The van der Waals surface area contributed by atoms with E-state index in [0.717, 1.165) is 16.7 Å². The van der Waals surface area contributed by atoms with Gasteiger partial charge in [-0.15, -0.1) is 0 Å². The third kappa shape index (κ3) is 3.61. The summed E-state index contributed by atoms with van der Waals surface area (Å²) in [4.78, 5) is 17.2. The van der Waals surface area contributed by atoms with Crippen LogP contribution in [0.4, 0.5) is 0 Å². The van der Waals surface area contributed by atoms with Crippen LogP contribution < -0.4 is 0 Å². The third-order valence-electron chi connectivity index (χ3n) is 6.39. The molecule has 0 amide bonds. The van der Waals surface area contributed by atoms with E-state index in [0.29, 0.717) is 17.5 Å². The highest BCUT2D eigenvalue weighted by Crippen LogP contribution is 2.49. The fourth-order valence-corrected chi connectivity index (χ4v) is 5.97. The van der Waals surface area contributed by atoms with Crippen molar-refractivity contribution in [1.29, 1.82) is 0 Å². The van der Waals surface area contributed by atoms with Gasteiger partial charge in [0.2, 0.25) is 0 Å². The van der Waals surface area contributed by atoms with Gasteiger partial charge in [0.05, 0.1) is 0 Å². The van der Waals surface area contributed by atoms with Gasteiger partial charge in [0.25, 0.3) is 0 Å². The second-order valence-electron chi connectivity index (χ2n) is 8.97. The summed E-state index contributed by atoms with van der Waals surface area (Å²) in [5.74, 6) is 2.05. The van der Waals surface area contributed by atoms with Crippen molar-refractivity contribution >= 4 is 11.8 Å². The minimum Gasteiger partial charge on any atom is -0.208 e. The van der Waals surface area contributed by atoms with Crippen LogP contribution in [0.15, 0.2) is 113 Å². The molecule has 1 aliphatic rings. The van der Waals surface area contributed by atoms with Crippen molar-refractivity contribution in [2.24, 2.45) is 0 Å². The Morgan fingerprint density at radius 2 is 1.00 bits per heavy atom. The molecule has 0 fully saturated rings. The van der Waals surface area contributed by atoms with Crippen LogP contribution in [0.3, 0.4) is 0 Å². The first-order valence-electron chi connectivity index (χ1n) is 11.4. The number of benzene rings is 4. The molecule has 0 radical (unpaired) electrons. The van der Waals surface area contributed by atoms with E-state index in [1.807, 2.05) is 72.4 Å². The smallest absolute Gasteiger partial charge is 0.164 e. The van der Waals surface area contributed by atoms with Crippen LogP contribution in [0.25, 0.3) is 34.2 Å². The highest BCUT2D eigenvalue weighted by atomic mass is 32.2. The lowest BCUT2D eigenvalue weighted by Crippen LogP contribution is -2.23. The molecule has 0 atom stereocenters. The van der Waals surface area contributed by atoms with Crippen molar-refractivity contribution < 1.29 is 0 Å². The lowest BCUT2D eigenvalue weighted by atomic mass is 9.77. The molecule has 0 aliphatic carbocycles. The van der Waals surface area contributed by atoms with Gasteiger partial charge in [0.15, 0.2) is 17.5 Å². The van der Waals surface area contributed by atoms with E-state index >= 15 is 0 Å². The summed E-state index contributed by atoms with van der Waals surface area (Å²) in [6.45, 7) is 4.60. The molecule has 6 rings (SSSR count). The largest absolute Gasteiger partial charge is 0.208 e. The molecule has 0 bridgehead atoms. The second kappa shape index (κ2) is 8.23. The number of rotatable bonds is 3. The Morgan fingerprint density at radius 3 is 1.62 bits per heavy atom. The summed E-state index contributed by atoms with van der Waals surface area (Å²) in [6, 6.07) is 35.5. The number of fused-ring (bicyclic) bond motifs is 2. The lowest BCUT2D eigenvalue weighted by Gasteiger charge is -2.34. The summed E-state index contributed by atoms with van der Waals surface area (Å²) in [6.07, 6.45) is 0. The van der Waals surface area contributed by atoms with E-state index in [1.165, 1.54) is 20.9 Å². The Balaban J connectivity index is 1.50. The number of nitrogens with zero attached hydrogens (tertiary/aromatic N) is 3. The van der Waals surface area contributed by atoms with Crippen molar-refractivity contribution in [1.82, 2.24) is 15.0 Å². The number of aromatic nitrogens is 3. The molecule has 0 unspecified atom stereocenters. The predicted octanol–water partition coefficient (Wildman–Crippen LogP) is 7.66. The summed E-state index contributed by atoms with van der Waals surface area (Å²) in [5.41, 5.74) is 5.60. The fourth-order valence-electron chi connectivity index (χ4n) is 4.54. The van der Waals surface area contributed by atoms with Crippen molar-refractivity contribution in [2.45, 2.75) is 29.1 Å². The van der Waals surface area contributed by atoms with Gasteiger partial charge in [0, 0.05) is 31.9 Å². The molecule has 4 heteroatoms. The van der Waals surface area contributed by atoms with Crippen LogP contribution in [0.1, 0.15) is 25.0 Å². The molecule has 2 heterocycles. The zero-order valence-corrected chi connectivity index (χ0v) is 19.9. The zero-order valence-electron chi connectivity index (χ0n) is 19.1. The maximum atomic E-state index is 4.90. The molecule has 5 aromatic rings. The van der Waals surface area contributed by atoms with Crippen molar-refractivity contribution in [3.8, 4) is 34.2 Å². The van der Waals surface area contributed by atoms with E-state index in [9.17, 15) is 0 Å².